The number of urea groups is 1. The molecule has 2 atom stereocenters. The van der Waals surface area contributed by atoms with E-state index in [4.69, 9.17) is 0 Å². The number of aliphatic hydroxyl groups excluding tert-OH is 1. The Kier molecular flexibility index (Phi) is 3.40. The normalized spacial score (nSPS) is 26.1. The first-order chi connectivity index (χ1) is 11.9. The molecule has 0 aromatic heterocycles. The number of anilines is 1. The van der Waals surface area contributed by atoms with Crippen LogP contribution in [0.25, 0.3) is 0 Å². The standard InChI is InChI=1S/C17H20N5O3/c1-10-4-6-11(7-5-10)21-8-12(23)9-22-13-14(18-16(21)22)19(2)17(25)20(3)15(13)24/h4-7,12-13,23H,8-9H2,1-3H3/q+1. The Hall–Kier alpha value is -2.74. The van der Waals surface area contributed by atoms with E-state index in [0.29, 0.717) is 24.9 Å². The second-order valence-corrected chi connectivity index (χ2v) is 6.66. The van der Waals surface area contributed by atoms with Gasteiger partial charge in [-0.3, -0.25) is 14.6 Å². The molecule has 8 nitrogen and oxygen atoms in total. The van der Waals surface area contributed by atoms with Crippen LogP contribution >= 0.6 is 0 Å². The first kappa shape index (κ1) is 15.8. The molecule has 4 rings (SSSR count). The zero-order valence-corrected chi connectivity index (χ0v) is 14.4. The molecule has 0 saturated carbocycles. The summed E-state index contributed by atoms with van der Waals surface area (Å²) in [6, 6.07) is 6.83. The summed E-state index contributed by atoms with van der Waals surface area (Å²) in [7, 11) is 3.08. The predicted molar refractivity (Wildman–Crippen MR) is 91.8 cm³/mol. The number of aryl methyl sites for hydroxylation is 1. The number of hydrogen-bond acceptors (Lipinski definition) is 5. The van der Waals surface area contributed by atoms with Gasteiger partial charge in [0, 0.05) is 14.1 Å². The lowest BCUT2D eigenvalue weighted by atomic mass is 10.1. The maximum Gasteiger partial charge on any atom is 0.397 e. The van der Waals surface area contributed by atoms with E-state index in [2.05, 4.69) is 4.99 Å². The quantitative estimate of drug-likeness (QED) is 0.720. The lowest BCUT2D eigenvalue weighted by Gasteiger charge is -2.33. The number of nitrogens with zero attached hydrogens (tertiary/aromatic N) is 5. The van der Waals surface area contributed by atoms with Crippen LogP contribution in [0.3, 0.4) is 0 Å². The Balaban J connectivity index is 1.81. The number of aliphatic hydroxyl groups is 1. The van der Waals surface area contributed by atoms with Gasteiger partial charge < -0.3 is 5.11 Å². The molecule has 1 saturated heterocycles. The minimum absolute atomic E-state index is 0.303. The average molecular weight is 342 g/mol. The van der Waals surface area contributed by atoms with Crippen molar-refractivity contribution < 1.29 is 19.3 Å². The fourth-order valence-electron chi connectivity index (χ4n) is 3.51. The van der Waals surface area contributed by atoms with E-state index in [9.17, 15) is 14.7 Å². The van der Waals surface area contributed by atoms with Crippen molar-refractivity contribution in [3.05, 3.63) is 29.8 Å². The number of amidine groups is 1. The van der Waals surface area contributed by atoms with Crippen LogP contribution in [0.15, 0.2) is 29.3 Å². The lowest BCUT2D eigenvalue weighted by Crippen LogP contribution is -2.63. The van der Waals surface area contributed by atoms with Crippen molar-refractivity contribution in [3.8, 4) is 0 Å². The number of carbonyl (C=O) groups is 2. The Morgan fingerprint density at radius 1 is 1.16 bits per heavy atom. The Morgan fingerprint density at radius 3 is 2.52 bits per heavy atom. The Labute approximate surface area is 145 Å². The molecule has 1 aromatic carbocycles. The van der Waals surface area contributed by atoms with E-state index in [-0.39, 0.29) is 5.91 Å². The number of guanidine groups is 1. The van der Waals surface area contributed by atoms with Gasteiger partial charge in [-0.1, -0.05) is 22.7 Å². The third-order valence-corrected chi connectivity index (χ3v) is 4.90. The van der Waals surface area contributed by atoms with Crippen LogP contribution < -0.4 is 4.90 Å². The van der Waals surface area contributed by atoms with Crippen molar-refractivity contribution in [1.29, 1.82) is 0 Å². The van der Waals surface area contributed by atoms with Crippen molar-refractivity contribution in [3.63, 3.8) is 0 Å². The topological polar surface area (TPSA) is 79.5 Å². The first-order valence-electron chi connectivity index (χ1n) is 8.18. The molecular weight excluding hydrogens is 322 g/mol. The van der Waals surface area contributed by atoms with E-state index >= 15 is 0 Å². The van der Waals surface area contributed by atoms with E-state index < -0.39 is 18.2 Å². The lowest BCUT2D eigenvalue weighted by molar-refractivity contribution is -0.547. The maximum atomic E-state index is 12.7. The highest BCUT2D eigenvalue weighted by atomic mass is 16.3. The summed E-state index contributed by atoms with van der Waals surface area (Å²) in [5.41, 5.74) is 2.03. The second-order valence-electron chi connectivity index (χ2n) is 6.66. The van der Waals surface area contributed by atoms with Gasteiger partial charge in [0.1, 0.15) is 18.3 Å². The molecule has 0 spiro atoms. The highest BCUT2D eigenvalue weighted by Crippen LogP contribution is 2.26. The van der Waals surface area contributed by atoms with Gasteiger partial charge in [-0.25, -0.2) is 14.3 Å². The molecular formula is C17H20N5O3+. The highest BCUT2D eigenvalue weighted by molar-refractivity contribution is 6.23. The number of amides is 3. The molecule has 1 N–H and O–H groups in total. The number of fused-ring (bicyclic) bond motifs is 2. The minimum Gasteiger partial charge on any atom is -0.386 e. The van der Waals surface area contributed by atoms with Gasteiger partial charge in [0.2, 0.25) is 11.9 Å². The van der Waals surface area contributed by atoms with Gasteiger partial charge in [-0.05, 0) is 19.1 Å². The van der Waals surface area contributed by atoms with Gasteiger partial charge >= 0.3 is 12.0 Å². The molecule has 3 amide bonds. The van der Waals surface area contributed by atoms with Crippen LogP contribution in [-0.4, -0.2) is 82.5 Å². The molecule has 3 heterocycles. The van der Waals surface area contributed by atoms with Crippen molar-refractivity contribution in [2.75, 3.05) is 32.1 Å². The number of rotatable bonds is 1. The highest BCUT2D eigenvalue weighted by Gasteiger charge is 2.54. The number of imide groups is 1. The smallest absolute Gasteiger partial charge is 0.386 e. The van der Waals surface area contributed by atoms with Gasteiger partial charge in [0.05, 0.1) is 6.54 Å². The summed E-state index contributed by atoms with van der Waals surface area (Å²) in [6.45, 7) is 2.70. The summed E-state index contributed by atoms with van der Waals surface area (Å²) in [6.07, 6.45) is -0.624. The Morgan fingerprint density at radius 2 is 1.84 bits per heavy atom. The molecule has 3 aliphatic heterocycles. The summed E-state index contributed by atoms with van der Waals surface area (Å²) < 4.78 is 1.78. The van der Waals surface area contributed by atoms with E-state index in [1.165, 1.54) is 11.9 Å². The largest absolute Gasteiger partial charge is 0.397 e. The zero-order valence-electron chi connectivity index (χ0n) is 14.4. The third kappa shape index (κ3) is 2.25. The average Bonchev–Trinajstić information content (AvgIpc) is 2.97. The first-order valence-corrected chi connectivity index (χ1v) is 8.18. The summed E-state index contributed by atoms with van der Waals surface area (Å²) in [5, 5.41) is 10.3. The van der Waals surface area contributed by atoms with Crippen LogP contribution in [0.1, 0.15) is 5.56 Å². The van der Waals surface area contributed by atoms with Gasteiger partial charge in [0.25, 0.3) is 5.91 Å². The SMILES string of the molecule is Cc1ccc(N2CC(O)C[N+]3=C2N=C2C3C(=O)N(C)C(=O)N2C)cc1. The molecule has 3 aliphatic rings. The maximum absolute atomic E-state index is 12.7. The molecule has 130 valence electrons. The van der Waals surface area contributed by atoms with Gasteiger partial charge in [0.15, 0.2) is 0 Å². The number of likely N-dealkylation sites (N-methyl/N-ethyl adjacent to an activating group) is 2. The molecule has 25 heavy (non-hydrogen) atoms. The monoisotopic (exact) mass is 342 g/mol. The summed E-state index contributed by atoms with van der Waals surface area (Å²) >= 11 is 0. The number of aliphatic imine (C=N–C) groups is 1. The molecule has 8 heteroatoms. The summed E-state index contributed by atoms with van der Waals surface area (Å²) in [4.78, 5) is 33.8. The molecule has 1 fully saturated rings. The minimum atomic E-state index is -0.675. The molecule has 0 bridgehead atoms. The van der Waals surface area contributed by atoms with Crippen LogP contribution in [0.5, 0.6) is 0 Å². The van der Waals surface area contributed by atoms with Crippen LogP contribution in [0.4, 0.5) is 10.5 Å². The van der Waals surface area contributed by atoms with Crippen LogP contribution in [0.2, 0.25) is 0 Å². The molecule has 1 aromatic rings. The van der Waals surface area contributed by atoms with Crippen molar-refractivity contribution in [2.24, 2.45) is 4.99 Å². The van der Waals surface area contributed by atoms with E-state index in [1.807, 2.05) is 36.1 Å². The third-order valence-electron chi connectivity index (χ3n) is 4.90. The van der Waals surface area contributed by atoms with Crippen molar-refractivity contribution in [1.82, 2.24) is 9.80 Å². The number of carbonyl (C=O) groups excluding carboxylic acids is 2. The Bertz CT molecular complexity index is 829. The number of benzene rings is 1. The van der Waals surface area contributed by atoms with Crippen molar-refractivity contribution >= 4 is 29.4 Å². The predicted octanol–water partition coefficient (Wildman–Crippen LogP) is -0.151. The second kappa shape index (κ2) is 5.38. The number of β-amino-alcohol motifs (C(OH)–C–C–N with tert-alkyl or cyclic N) is 1. The fourth-order valence-corrected chi connectivity index (χ4v) is 3.51. The van der Waals surface area contributed by atoms with Crippen LogP contribution in [0, 0.1) is 6.92 Å². The number of hydrogen-bond donors (Lipinski definition) is 1. The summed E-state index contributed by atoms with van der Waals surface area (Å²) in [5.74, 6) is 0.682. The van der Waals surface area contributed by atoms with E-state index in [1.54, 1.807) is 11.6 Å². The van der Waals surface area contributed by atoms with Gasteiger partial charge in [-0.2, -0.15) is 0 Å². The molecule has 0 radical (unpaired) electrons. The van der Waals surface area contributed by atoms with Crippen LogP contribution in [-0.2, 0) is 4.79 Å². The zero-order chi connectivity index (χ0) is 17.9. The van der Waals surface area contributed by atoms with E-state index in [0.717, 1.165) is 16.2 Å². The molecule has 2 unspecified atom stereocenters. The fraction of sp³-hybridized carbons (Fsp3) is 0.412. The van der Waals surface area contributed by atoms with Crippen molar-refractivity contribution in [2.45, 2.75) is 19.1 Å². The van der Waals surface area contributed by atoms with Gasteiger partial charge in [-0.15, -0.1) is 0 Å². The molecule has 0 aliphatic carbocycles.